The third kappa shape index (κ3) is 2.85. The van der Waals surface area contributed by atoms with Crippen molar-refractivity contribution in [1.29, 1.82) is 0 Å². The van der Waals surface area contributed by atoms with E-state index < -0.39 is 0 Å². The predicted octanol–water partition coefficient (Wildman–Crippen LogP) is 4.04. The second-order valence-corrected chi connectivity index (χ2v) is 6.31. The molecule has 0 aliphatic heterocycles. The van der Waals surface area contributed by atoms with Gasteiger partial charge in [-0.15, -0.1) is 11.8 Å². The second-order valence-electron chi connectivity index (χ2n) is 5.14. The second kappa shape index (κ2) is 5.81. The summed E-state index contributed by atoms with van der Waals surface area (Å²) in [4.78, 5) is 1.35. The third-order valence-corrected chi connectivity index (χ3v) is 4.95. The van der Waals surface area contributed by atoms with Gasteiger partial charge in [0.1, 0.15) is 0 Å². The monoisotopic (exact) mass is 269 g/mol. The van der Waals surface area contributed by atoms with Crippen LogP contribution in [0.2, 0.25) is 0 Å². The molecule has 2 N–H and O–H groups in total. The fraction of sp³-hybridized carbons (Fsp3) is 0.294. The first kappa shape index (κ1) is 12.8. The summed E-state index contributed by atoms with van der Waals surface area (Å²) < 4.78 is 0. The van der Waals surface area contributed by atoms with Crippen LogP contribution in [0, 0.1) is 5.92 Å². The average molecular weight is 269 g/mol. The van der Waals surface area contributed by atoms with E-state index >= 15 is 0 Å². The maximum Gasteiger partial charge on any atom is 0.0329 e. The quantitative estimate of drug-likeness (QED) is 0.848. The Morgan fingerprint density at radius 2 is 1.74 bits per heavy atom. The van der Waals surface area contributed by atoms with Crippen molar-refractivity contribution in [2.24, 2.45) is 11.7 Å². The smallest absolute Gasteiger partial charge is 0.0329 e. The van der Waals surface area contributed by atoms with E-state index in [9.17, 15) is 0 Å². The van der Waals surface area contributed by atoms with Crippen molar-refractivity contribution in [3.05, 3.63) is 65.7 Å². The molecule has 0 aromatic heterocycles. The fourth-order valence-corrected chi connectivity index (χ4v) is 3.84. The zero-order valence-corrected chi connectivity index (χ0v) is 11.8. The van der Waals surface area contributed by atoms with Crippen LogP contribution in [0.1, 0.15) is 23.6 Å². The van der Waals surface area contributed by atoms with E-state index in [2.05, 4.69) is 54.6 Å². The van der Waals surface area contributed by atoms with Gasteiger partial charge >= 0.3 is 0 Å². The lowest BCUT2D eigenvalue weighted by Crippen LogP contribution is -2.17. The molecule has 0 fully saturated rings. The molecule has 0 saturated carbocycles. The Morgan fingerprint density at radius 1 is 1.00 bits per heavy atom. The molecule has 3 rings (SSSR count). The maximum absolute atomic E-state index is 6.36. The van der Waals surface area contributed by atoms with Gasteiger partial charge in [-0.2, -0.15) is 0 Å². The molecule has 1 aliphatic carbocycles. The molecule has 0 saturated heterocycles. The number of nitrogens with two attached hydrogens (primary N) is 1. The molecular weight excluding hydrogens is 250 g/mol. The van der Waals surface area contributed by atoms with Crippen LogP contribution in [0.5, 0.6) is 0 Å². The minimum absolute atomic E-state index is 0.229. The molecule has 0 spiro atoms. The molecule has 0 heterocycles. The van der Waals surface area contributed by atoms with Gasteiger partial charge in [-0.25, -0.2) is 0 Å². The summed E-state index contributed by atoms with van der Waals surface area (Å²) in [6.45, 7) is 0. The Labute approximate surface area is 119 Å². The zero-order valence-electron chi connectivity index (χ0n) is 11.0. The molecule has 2 aromatic rings. The Bertz CT molecular complexity index is 538. The summed E-state index contributed by atoms with van der Waals surface area (Å²) in [6.07, 6.45) is 2.34. The van der Waals surface area contributed by atoms with E-state index in [1.807, 2.05) is 11.8 Å². The summed E-state index contributed by atoms with van der Waals surface area (Å²) in [6, 6.07) is 19.5. The summed E-state index contributed by atoms with van der Waals surface area (Å²) in [5.74, 6) is 1.75. The van der Waals surface area contributed by atoms with Crippen LogP contribution < -0.4 is 5.73 Å². The van der Waals surface area contributed by atoms with Crippen molar-refractivity contribution in [2.75, 3.05) is 5.75 Å². The van der Waals surface area contributed by atoms with Crippen molar-refractivity contribution in [2.45, 2.75) is 23.8 Å². The predicted molar refractivity (Wildman–Crippen MR) is 82.3 cm³/mol. The fourth-order valence-electron chi connectivity index (χ4n) is 2.84. The molecule has 2 aromatic carbocycles. The molecule has 2 unspecified atom stereocenters. The minimum atomic E-state index is 0.229. The van der Waals surface area contributed by atoms with Crippen LogP contribution in [0.25, 0.3) is 0 Å². The minimum Gasteiger partial charge on any atom is -0.324 e. The van der Waals surface area contributed by atoms with Gasteiger partial charge in [0.2, 0.25) is 0 Å². The Morgan fingerprint density at radius 3 is 2.53 bits per heavy atom. The molecule has 2 atom stereocenters. The van der Waals surface area contributed by atoms with E-state index in [4.69, 9.17) is 5.73 Å². The lowest BCUT2D eigenvalue weighted by atomic mass is 9.99. The number of hydrogen-bond acceptors (Lipinski definition) is 2. The summed E-state index contributed by atoms with van der Waals surface area (Å²) in [5.41, 5.74) is 9.17. The van der Waals surface area contributed by atoms with Gasteiger partial charge in [-0.05, 0) is 47.8 Å². The number of fused-ring (bicyclic) bond motifs is 1. The molecule has 0 amide bonds. The van der Waals surface area contributed by atoms with Gasteiger partial charge in [0, 0.05) is 10.9 Å². The first-order chi connectivity index (χ1) is 9.34. The van der Waals surface area contributed by atoms with E-state index in [0.717, 1.165) is 12.2 Å². The largest absolute Gasteiger partial charge is 0.324 e. The number of thioether (sulfide) groups is 1. The molecule has 98 valence electrons. The Kier molecular flexibility index (Phi) is 3.90. The highest BCUT2D eigenvalue weighted by Gasteiger charge is 2.28. The molecule has 0 bridgehead atoms. The van der Waals surface area contributed by atoms with Crippen molar-refractivity contribution < 1.29 is 0 Å². The van der Waals surface area contributed by atoms with Gasteiger partial charge in [-0.3, -0.25) is 0 Å². The molecule has 19 heavy (non-hydrogen) atoms. The van der Waals surface area contributed by atoms with E-state index in [1.54, 1.807) is 0 Å². The van der Waals surface area contributed by atoms with Crippen LogP contribution in [0.3, 0.4) is 0 Å². The lowest BCUT2D eigenvalue weighted by molar-refractivity contribution is 0.456. The molecule has 1 aliphatic rings. The standard InChI is InChI=1S/C17H19NS/c18-17-14(12-13-6-4-5-9-16(13)17)10-11-19-15-7-2-1-3-8-15/h1-9,14,17H,10-12,18H2. The van der Waals surface area contributed by atoms with Gasteiger partial charge in [0.15, 0.2) is 0 Å². The molecule has 2 heteroatoms. The van der Waals surface area contributed by atoms with E-state index in [0.29, 0.717) is 5.92 Å². The molecule has 0 radical (unpaired) electrons. The summed E-state index contributed by atoms with van der Waals surface area (Å²) >= 11 is 1.93. The number of benzene rings is 2. The number of rotatable bonds is 4. The topological polar surface area (TPSA) is 26.0 Å². The van der Waals surface area contributed by atoms with Crippen LogP contribution >= 0.6 is 11.8 Å². The maximum atomic E-state index is 6.36. The van der Waals surface area contributed by atoms with Gasteiger partial charge in [-0.1, -0.05) is 42.5 Å². The van der Waals surface area contributed by atoms with Crippen molar-refractivity contribution in [3.8, 4) is 0 Å². The van der Waals surface area contributed by atoms with Crippen LogP contribution in [-0.2, 0) is 6.42 Å². The highest BCUT2D eigenvalue weighted by atomic mass is 32.2. The SMILES string of the molecule is NC1c2ccccc2CC1CCSc1ccccc1. The lowest BCUT2D eigenvalue weighted by Gasteiger charge is -2.15. The summed E-state index contributed by atoms with van der Waals surface area (Å²) in [7, 11) is 0. The van der Waals surface area contributed by atoms with E-state index in [-0.39, 0.29) is 6.04 Å². The zero-order chi connectivity index (χ0) is 13.1. The molecule has 1 nitrogen and oxygen atoms in total. The van der Waals surface area contributed by atoms with E-state index in [1.165, 1.54) is 22.4 Å². The highest BCUT2D eigenvalue weighted by Crippen LogP contribution is 2.37. The average Bonchev–Trinajstić information content (AvgIpc) is 2.78. The van der Waals surface area contributed by atoms with Crippen molar-refractivity contribution in [3.63, 3.8) is 0 Å². The summed E-state index contributed by atoms with van der Waals surface area (Å²) in [5, 5.41) is 0. The van der Waals surface area contributed by atoms with Gasteiger partial charge in [0.25, 0.3) is 0 Å². The van der Waals surface area contributed by atoms with Crippen molar-refractivity contribution >= 4 is 11.8 Å². The van der Waals surface area contributed by atoms with Crippen LogP contribution in [0.15, 0.2) is 59.5 Å². The van der Waals surface area contributed by atoms with Crippen LogP contribution in [0.4, 0.5) is 0 Å². The Hall–Kier alpha value is -1.25. The van der Waals surface area contributed by atoms with Crippen molar-refractivity contribution in [1.82, 2.24) is 0 Å². The molecular formula is C17H19NS. The first-order valence-electron chi connectivity index (χ1n) is 6.86. The first-order valence-corrected chi connectivity index (χ1v) is 7.84. The van der Waals surface area contributed by atoms with Gasteiger partial charge in [0.05, 0.1) is 0 Å². The highest BCUT2D eigenvalue weighted by molar-refractivity contribution is 7.99. The van der Waals surface area contributed by atoms with Crippen LogP contribution in [-0.4, -0.2) is 5.75 Å². The number of hydrogen-bond donors (Lipinski definition) is 1. The normalized spacial score (nSPS) is 21.3. The third-order valence-electron chi connectivity index (χ3n) is 3.90. The Balaban J connectivity index is 1.55. The van der Waals surface area contributed by atoms with Gasteiger partial charge < -0.3 is 5.73 Å².